The maximum Gasteiger partial charge on any atom is 0.306 e. The zero-order chi connectivity index (χ0) is 57.9. The molecule has 0 fully saturated rings. The molecule has 1 amide bonds. The van der Waals surface area contributed by atoms with Crippen LogP contribution in [0.4, 0.5) is 0 Å². The van der Waals surface area contributed by atoms with Gasteiger partial charge in [-0.1, -0.05) is 309 Å². The lowest BCUT2D eigenvalue weighted by Crippen LogP contribution is -2.47. The summed E-state index contributed by atoms with van der Waals surface area (Å²) in [5.74, 6) is -0.526. The third-order valence-corrected chi connectivity index (χ3v) is 16.8. The molecule has 0 saturated carbocycles. The van der Waals surface area contributed by atoms with Crippen molar-refractivity contribution in [3.05, 3.63) is 24.3 Å². The summed E-state index contributed by atoms with van der Waals surface area (Å²) in [6, 6.07) is -0.885. The first-order valence-electron chi connectivity index (χ1n) is 34.6. The van der Waals surface area contributed by atoms with Gasteiger partial charge in [-0.05, 0) is 57.4 Å². The summed E-state index contributed by atoms with van der Waals surface area (Å²) in [6.45, 7) is 6.89. The van der Waals surface area contributed by atoms with Crippen LogP contribution in [0.15, 0.2) is 24.3 Å². The number of phosphoric ester groups is 1. The van der Waals surface area contributed by atoms with Crippen molar-refractivity contribution < 1.29 is 37.3 Å². The lowest BCUT2D eigenvalue weighted by molar-refractivity contribution is -0.870. The van der Waals surface area contributed by atoms with Gasteiger partial charge >= 0.3 is 5.97 Å². The number of quaternary nitrogens is 1. The third kappa shape index (κ3) is 60.9. The highest BCUT2D eigenvalue weighted by Gasteiger charge is 2.27. The van der Waals surface area contributed by atoms with Crippen molar-refractivity contribution in [3.8, 4) is 0 Å². The van der Waals surface area contributed by atoms with Crippen LogP contribution in [-0.2, 0) is 27.9 Å². The van der Waals surface area contributed by atoms with Crippen LogP contribution in [0.1, 0.15) is 355 Å². The molecule has 0 aromatic heterocycles. The van der Waals surface area contributed by atoms with Gasteiger partial charge in [0.15, 0.2) is 0 Å². The molecule has 0 radical (unpaired) electrons. The Bertz CT molecular complexity index is 1400. The van der Waals surface area contributed by atoms with Crippen molar-refractivity contribution in [3.63, 3.8) is 0 Å². The molecule has 79 heavy (non-hydrogen) atoms. The van der Waals surface area contributed by atoms with Gasteiger partial charge in [0.05, 0.1) is 33.8 Å². The van der Waals surface area contributed by atoms with E-state index in [1.165, 1.54) is 250 Å². The number of allylic oxidation sites excluding steroid dienone is 3. The molecule has 0 saturated heterocycles. The molecule has 0 aromatic carbocycles. The van der Waals surface area contributed by atoms with E-state index in [9.17, 15) is 19.0 Å². The highest BCUT2D eigenvalue weighted by molar-refractivity contribution is 7.45. The molecule has 0 aliphatic carbocycles. The lowest BCUT2D eigenvalue weighted by atomic mass is 10.0. The molecule has 3 unspecified atom stereocenters. The summed E-state index contributed by atoms with van der Waals surface area (Å²) in [5, 5.41) is 3.05. The molecular formula is C69H135N2O7P. The molecule has 0 aliphatic rings. The van der Waals surface area contributed by atoms with Crippen LogP contribution in [0.2, 0.25) is 0 Å². The number of hydrogen-bond acceptors (Lipinski definition) is 7. The third-order valence-electron chi connectivity index (χ3n) is 15.9. The second-order valence-corrected chi connectivity index (χ2v) is 26.5. The van der Waals surface area contributed by atoms with Crippen LogP contribution >= 0.6 is 7.82 Å². The standard InChI is InChI=1S/C69H135N2O7P/c1-7-10-13-16-19-22-25-28-30-31-32-33-34-35-36-37-38-39-41-43-46-49-52-55-58-61-68(72)70-66(65-77-79(74,75)76-64-63-71(4,5)6)67(60-57-54-51-48-45-42-27-24-21-18-15-12-9-3)78-69(73)62-59-56-53-50-47-44-40-29-26-23-20-17-14-11-8-2/h23,26,57,60,66-67H,7-22,24-25,27-56,58-59,61-65H2,1-6H3,(H-,70,72,74,75)/b26-23-,60-57-. The molecular weight excluding hydrogens is 1000 g/mol. The van der Waals surface area contributed by atoms with Crippen molar-refractivity contribution in [1.82, 2.24) is 5.32 Å². The molecule has 0 aliphatic heterocycles. The summed E-state index contributed by atoms with van der Waals surface area (Å²) >= 11 is 0. The molecule has 468 valence electrons. The molecule has 0 spiro atoms. The Hall–Kier alpha value is -1.51. The molecule has 0 aromatic rings. The topological polar surface area (TPSA) is 114 Å². The molecule has 9 nitrogen and oxygen atoms in total. The van der Waals surface area contributed by atoms with Crippen LogP contribution in [0, 0.1) is 0 Å². The average molecular weight is 1140 g/mol. The molecule has 10 heteroatoms. The number of likely N-dealkylation sites (N-methyl/N-ethyl adjacent to an activating group) is 1. The average Bonchev–Trinajstić information content (AvgIpc) is 3.41. The van der Waals surface area contributed by atoms with Gasteiger partial charge in [0, 0.05) is 12.8 Å². The van der Waals surface area contributed by atoms with E-state index >= 15 is 0 Å². The predicted octanol–water partition coefficient (Wildman–Crippen LogP) is 21.0. The van der Waals surface area contributed by atoms with Gasteiger partial charge in [0.1, 0.15) is 19.3 Å². The first kappa shape index (κ1) is 77.5. The monoisotopic (exact) mass is 1140 g/mol. The second-order valence-electron chi connectivity index (χ2n) is 25.0. The van der Waals surface area contributed by atoms with Crippen LogP contribution in [0.3, 0.4) is 0 Å². The Morgan fingerprint density at radius 2 is 0.734 bits per heavy atom. The number of carbonyl (C=O) groups excluding carboxylic acids is 2. The van der Waals surface area contributed by atoms with E-state index < -0.39 is 20.0 Å². The van der Waals surface area contributed by atoms with Crippen LogP contribution in [0.5, 0.6) is 0 Å². The fourth-order valence-corrected chi connectivity index (χ4v) is 11.2. The van der Waals surface area contributed by atoms with E-state index in [0.717, 1.165) is 70.6 Å². The number of amides is 1. The van der Waals surface area contributed by atoms with Crippen molar-refractivity contribution in [1.29, 1.82) is 0 Å². The summed E-state index contributed by atoms with van der Waals surface area (Å²) in [7, 11) is 1.20. The number of carbonyl (C=O) groups is 2. The number of rotatable bonds is 64. The highest BCUT2D eigenvalue weighted by atomic mass is 31.2. The van der Waals surface area contributed by atoms with Gasteiger partial charge in [-0.25, -0.2) is 0 Å². The molecule has 3 atom stereocenters. The van der Waals surface area contributed by atoms with E-state index in [0.29, 0.717) is 17.4 Å². The fraction of sp³-hybridized carbons (Fsp3) is 0.913. The Morgan fingerprint density at radius 3 is 1.09 bits per heavy atom. The SMILES string of the molecule is CCCCCC/C=C\CCCCCCCCCC(=O)OC(/C=C\CCCCCCCCCCCCC)C(COP(=O)([O-])OCC[N+](C)(C)C)NC(=O)CCCCCCCCCCCCCCCCCCCCCCCCCCC. The number of hydrogen-bond donors (Lipinski definition) is 1. The second kappa shape index (κ2) is 59.6. The lowest BCUT2D eigenvalue weighted by Gasteiger charge is -2.30. The Labute approximate surface area is 492 Å². The van der Waals surface area contributed by atoms with Gasteiger partial charge in [0.25, 0.3) is 7.82 Å². The van der Waals surface area contributed by atoms with Crippen molar-refractivity contribution in [2.75, 3.05) is 40.9 Å². The number of unbranched alkanes of at least 4 members (excludes halogenated alkanes) is 46. The minimum atomic E-state index is -4.70. The predicted molar refractivity (Wildman–Crippen MR) is 340 cm³/mol. The first-order valence-corrected chi connectivity index (χ1v) is 36.1. The van der Waals surface area contributed by atoms with Crippen molar-refractivity contribution in [2.45, 2.75) is 367 Å². The number of ether oxygens (including phenoxy) is 1. The Morgan fingerprint density at radius 1 is 0.430 bits per heavy atom. The van der Waals surface area contributed by atoms with Gasteiger partial charge in [0.2, 0.25) is 5.91 Å². The van der Waals surface area contributed by atoms with E-state index in [4.69, 9.17) is 13.8 Å². The van der Waals surface area contributed by atoms with Crippen LogP contribution < -0.4 is 10.2 Å². The summed E-state index contributed by atoms with van der Waals surface area (Å²) in [4.78, 5) is 40.1. The van der Waals surface area contributed by atoms with Gasteiger partial charge < -0.3 is 28.5 Å². The van der Waals surface area contributed by atoms with Crippen LogP contribution in [-0.4, -0.2) is 69.4 Å². The maximum atomic E-state index is 13.6. The molecule has 0 heterocycles. The number of esters is 1. The Balaban J connectivity index is 5.04. The van der Waals surface area contributed by atoms with E-state index in [2.05, 4.69) is 38.2 Å². The first-order chi connectivity index (χ1) is 38.4. The van der Waals surface area contributed by atoms with Gasteiger partial charge in [-0.2, -0.15) is 0 Å². The van der Waals surface area contributed by atoms with Gasteiger partial charge in [-0.3, -0.25) is 14.2 Å². The molecule has 0 bridgehead atoms. The summed E-state index contributed by atoms with van der Waals surface area (Å²) in [5.41, 5.74) is 0. The zero-order valence-electron chi connectivity index (χ0n) is 53.6. The smallest absolute Gasteiger partial charge is 0.306 e. The fourth-order valence-electron chi connectivity index (χ4n) is 10.5. The number of nitrogens with one attached hydrogen (secondary N) is 1. The van der Waals surface area contributed by atoms with E-state index in [-0.39, 0.29) is 31.5 Å². The number of nitrogens with zero attached hydrogens (tertiary/aromatic N) is 1. The van der Waals surface area contributed by atoms with Crippen LogP contribution in [0.25, 0.3) is 0 Å². The van der Waals surface area contributed by atoms with Crippen molar-refractivity contribution >= 4 is 19.7 Å². The largest absolute Gasteiger partial charge is 0.756 e. The molecule has 0 rings (SSSR count). The van der Waals surface area contributed by atoms with E-state index in [1.54, 1.807) is 0 Å². The summed E-state index contributed by atoms with van der Waals surface area (Å²) in [6.07, 6.45) is 71.6. The maximum absolute atomic E-state index is 13.6. The summed E-state index contributed by atoms with van der Waals surface area (Å²) < 4.78 is 30.4. The quantitative estimate of drug-likeness (QED) is 0.0212. The van der Waals surface area contributed by atoms with Gasteiger partial charge in [-0.15, -0.1) is 0 Å². The minimum absolute atomic E-state index is 0.0191. The zero-order valence-corrected chi connectivity index (χ0v) is 54.5. The highest BCUT2D eigenvalue weighted by Crippen LogP contribution is 2.38. The van der Waals surface area contributed by atoms with E-state index in [1.807, 2.05) is 33.3 Å². The normalized spacial score (nSPS) is 13.7. The molecule has 1 N–H and O–H groups in total. The Kier molecular flexibility index (Phi) is 58.5. The number of phosphoric acid groups is 1. The van der Waals surface area contributed by atoms with Crippen molar-refractivity contribution in [2.24, 2.45) is 0 Å². The minimum Gasteiger partial charge on any atom is -0.756 e.